The number of nitrogens with zero attached hydrogens (tertiary/aromatic N) is 6. The zero-order valence-corrected chi connectivity index (χ0v) is 29.2. The summed E-state index contributed by atoms with van der Waals surface area (Å²) in [5.41, 5.74) is 4.10. The summed E-state index contributed by atoms with van der Waals surface area (Å²) in [5, 5.41) is 3.12. The highest BCUT2D eigenvalue weighted by molar-refractivity contribution is 7.07. The van der Waals surface area contributed by atoms with Gasteiger partial charge in [-0.15, -0.1) is 11.3 Å². The monoisotopic (exact) mass is 704 g/mol. The fourth-order valence-electron chi connectivity index (χ4n) is 6.15. The van der Waals surface area contributed by atoms with Gasteiger partial charge in [0, 0.05) is 78.2 Å². The molecule has 2 fully saturated rings. The number of benzene rings is 3. The summed E-state index contributed by atoms with van der Waals surface area (Å²) < 4.78 is 23.1. The van der Waals surface area contributed by atoms with Gasteiger partial charge in [0.15, 0.2) is 4.80 Å². The highest BCUT2D eigenvalue weighted by atomic mass is 35.5. The van der Waals surface area contributed by atoms with Crippen molar-refractivity contribution in [2.45, 2.75) is 38.3 Å². The van der Waals surface area contributed by atoms with E-state index in [0.717, 1.165) is 48.0 Å². The standard InChI is InChI=1S/C36H38Cl2N6O3S/c1-26(2)44-19-20-48-35(44)40-28-4-6-29(7-5-28)42-15-17-43(18-16-42)30-8-10-31(11-9-30)45-22-32-23-46-36(47-32,24-41-14-13-39-25-41)33-12-3-27(37)21-34(33)38/h3-14,19-21,25-26,32H,15-18,22-24H2,1-2H3/t32-,36-/m1/s1. The normalized spacial score (nSPS) is 20.2. The van der Waals surface area contributed by atoms with Gasteiger partial charge in [0.05, 0.1) is 30.2 Å². The second-order valence-electron chi connectivity index (χ2n) is 12.3. The van der Waals surface area contributed by atoms with Crippen molar-refractivity contribution in [1.82, 2.24) is 14.1 Å². The third kappa shape index (κ3) is 7.28. The number of imidazole rings is 1. The van der Waals surface area contributed by atoms with Crippen LogP contribution in [0.2, 0.25) is 10.0 Å². The average molecular weight is 706 g/mol. The minimum atomic E-state index is -1.08. The van der Waals surface area contributed by atoms with Crippen LogP contribution in [0, 0.1) is 0 Å². The van der Waals surface area contributed by atoms with Crippen LogP contribution >= 0.6 is 34.5 Å². The Hall–Kier alpha value is -3.80. The molecule has 7 rings (SSSR count). The Bertz CT molecular complexity index is 1870. The lowest BCUT2D eigenvalue weighted by atomic mass is 10.1. The summed E-state index contributed by atoms with van der Waals surface area (Å²) in [7, 11) is 0. The van der Waals surface area contributed by atoms with Gasteiger partial charge in [0.2, 0.25) is 5.79 Å². The summed E-state index contributed by atoms with van der Waals surface area (Å²) in [5.74, 6) is -0.301. The molecule has 3 aromatic carbocycles. The summed E-state index contributed by atoms with van der Waals surface area (Å²) in [4.78, 5) is 14.9. The number of thiazole rings is 1. The molecule has 0 amide bonds. The van der Waals surface area contributed by atoms with E-state index < -0.39 is 5.79 Å². The van der Waals surface area contributed by atoms with Gasteiger partial charge in [-0.25, -0.2) is 9.98 Å². The van der Waals surface area contributed by atoms with Crippen LogP contribution in [-0.2, 0) is 21.8 Å². The van der Waals surface area contributed by atoms with E-state index in [0.29, 0.717) is 35.8 Å². The highest BCUT2D eigenvalue weighted by Gasteiger charge is 2.45. The highest BCUT2D eigenvalue weighted by Crippen LogP contribution is 2.40. The van der Waals surface area contributed by atoms with Crippen molar-refractivity contribution < 1.29 is 14.2 Å². The van der Waals surface area contributed by atoms with Crippen molar-refractivity contribution in [3.63, 3.8) is 0 Å². The fraction of sp³-hybridized carbons (Fsp3) is 0.333. The molecule has 0 spiro atoms. The molecular formula is C36H38Cl2N6O3S. The molecule has 2 aromatic heterocycles. The summed E-state index contributed by atoms with van der Waals surface area (Å²) in [6.07, 6.45) is 7.12. The van der Waals surface area contributed by atoms with Crippen LogP contribution in [-0.4, -0.2) is 59.6 Å². The van der Waals surface area contributed by atoms with Crippen molar-refractivity contribution in [2.24, 2.45) is 4.99 Å². The van der Waals surface area contributed by atoms with Crippen molar-refractivity contribution in [3.05, 3.63) is 117 Å². The molecule has 2 saturated heterocycles. The first-order valence-electron chi connectivity index (χ1n) is 16.1. The van der Waals surface area contributed by atoms with Crippen LogP contribution in [0.15, 0.2) is 102 Å². The number of hydrogen-bond donors (Lipinski definition) is 0. The summed E-state index contributed by atoms with van der Waals surface area (Å²) in [6, 6.07) is 22.6. The average Bonchev–Trinajstić information content (AvgIpc) is 3.87. The maximum Gasteiger partial charge on any atom is 0.215 e. The van der Waals surface area contributed by atoms with E-state index >= 15 is 0 Å². The van der Waals surface area contributed by atoms with Gasteiger partial charge in [0.1, 0.15) is 18.5 Å². The summed E-state index contributed by atoms with van der Waals surface area (Å²) in [6.45, 7) is 9.22. The molecule has 4 heterocycles. The molecule has 2 aliphatic heterocycles. The molecule has 48 heavy (non-hydrogen) atoms. The molecule has 12 heteroatoms. The van der Waals surface area contributed by atoms with Crippen LogP contribution in [0.3, 0.4) is 0 Å². The summed E-state index contributed by atoms with van der Waals surface area (Å²) >= 11 is 14.4. The lowest BCUT2D eigenvalue weighted by Gasteiger charge is -2.37. The van der Waals surface area contributed by atoms with E-state index in [-0.39, 0.29) is 6.10 Å². The molecule has 5 aromatic rings. The SMILES string of the molecule is CC(C)n1ccsc1=Nc1ccc(N2CCN(c3ccc(OC[C@@H]4CO[C@@](Cn5ccnc5)(c5ccc(Cl)cc5Cl)O4)cc3)CC2)cc1. The Morgan fingerprint density at radius 2 is 1.67 bits per heavy atom. The fourth-order valence-corrected chi connectivity index (χ4v) is 7.57. The maximum atomic E-state index is 6.61. The first-order chi connectivity index (χ1) is 23.3. The molecule has 0 radical (unpaired) electrons. The lowest BCUT2D eigenvalue weighted by molar-refractivity contribution is -0.189. The maximum absolute atomic E-state index is 6.61. The second kappa shape index (κ2) is 14.4. The van der Waals surface area contributed by atoms with Gasteiger partial charge >= 0.3 is 0 Å². The van der Waals surface area contributed by atoms with Crippen LogP contribution in [0.1, 0.15) is 25.5 Å². The second-order valence-corrected chi connectivity index (χ2v) is 14.0. The number of aromatic nitrogens is 3. The van der Waals surface area contributed by atoms with E-state index in [2.05, 4.69) is 81.2 Å². The largest absolute Gasteiger partial charge is 0.491 e. The molecule has 0 bridgehead atoms. The molecule has 2 aliphatic rings. The topological polar surface area (TPSA) is 69.3 Å². The molecule has 2 atom stereocenters. The number of halogens is 2. The zero-order valence-electron chi connectivity index (χ0n) is 26.9. The molecule has 0 unspecified atom stereocenters. The third-order valence-corrected chi connectivity index (χ3v) is 10.00. The van der Waals surface area contributed by atoms with Crippen molar-refractivity contribution in [1.29, 1.82) is 0 Å². The van der Waals surface area contributed by atoms with Crippen molar-refractivity contribution in [3.8, 4) is 5.75 Å². The molecular weight excluding hydrogens is 667 g/mol. The Kier molecular flexibility index (Phi) is 9.79. The van der Waals surface area contributed by atoms with E-state index in [1.807, 2.05) is 29.0 Å². The first-order valence-corrected chi connectivity index (χ1v) is 17.7. The van der Waals surface area contributed by atoms with Crippen LogP contribution in [0.25, 0.3) is 0 Å². The molecule has 250 valence electrons. The number of hydrogen-bond acceptors (Lipinski definition) is 8. The predicted molar refractivity (Wildman–Crippen MR) is 192 cm³/mol. The van der Waals surface area contributed by atoms with Gasteiger partial charge in [0.25, 0.3) is 0 Å². The van der Waals surface area contributed by atoms with Gasteiger partial charge in [-0.3, -0.25) is 0 Å². The Labute approximate surface area is 294 Å². The minimum Gasteiger partial charge on any atom is -0.491 e. The van der Waals surface area contributed by atoms with Gasteiger partial charge in [-0.05, 0) is 74.5 Å². The number of piperazine rings is 1. The third-order valence-electron chi connectivity index (χ3n) is 8.68. The quantitative estimate of drug-likeness (QED) is 0.150. The van der Waals surface area contributed by atoms with Gasteiger partial charge in [-0.1, -0.05) is 29.3 Å². The molecule has 0 aliphatic carbocycles. The van der Waals surface area contributed by atoms with E-state index in [9.17, 15) is 0 Å². The van der Waals surface area contributed by atoms with Crippen LogP contribution < -0.4 is 19.3 Å². The number of ether oxygens (including phenoxy) is 3. The number of anilines is 2. The van der Waals surface area contributed by atoms with Crippen LogP contribution in [0.4, 0.5) is 17.1 Å². The van der Waals surface area contributed by atoms with Gasteiger partial charge in [-0.2, -0.15) is 0 Å². The minimum absolute atomic E-state index is 0.289. The van der Waals surface area contributed by atoms with Gasteiger partial charge < -0.3 is 33.1 Å². The molecule has 0 N–H and O–H groups in total. The van der Waals surface area contributed by atoms with E-state index in [1.54, 1.807) is 36.0 Å². The van der Waals surface area contributed by atoms with E-state index in [1.165, 1.54) is 11.4 Å². The lowest BCUT2D eigenvalue weighted by Crippen LogP contribution is -2.46. The van der Waals surface area contributed by atoms with Crippen molar-refractivity contribution in [2.75, 3.05) is 49.2 Å². The first kappa shape index (κ1) is 32.7. The molecule has 0 saturated carbocycles. The number of rotatable bonds is 10. The Morgan fingerprint density at radius 1 is 0.958 bits per heavy atom. The van der Waals surface area contributed by atoms with Crippen molar-refractivity contribution >= 4 is 51.6 Å². The predicted octanol–water partition coefficient (Wildman–Crippen LogP) is 7.54. The van der Waals surface area contributed by atoms with E-state index in [4.69, 9.17) is 42.4 Å². The smallest absolute Gasteiger partial charge is 0.215 e. The molecule has 9 nitrogen and oxygen atoms in total. The Balaban J connectivity index is 0.925. The Morgan fingerprint density at radius 3 is 2.31 bits per heavy atom. The zero-order chi connectivity index (χ0) is 33.1. The van der Waals surface area contributed by atoms with Crippen LogP contribution in [0.5, 0.6) is 5.75 Å².